The maximum atomic E-state index is 11.6. The van der Waals surface area contributed by atoms with E-state index in [1.807, 2.05) is 0 Å². The predicted octanol–water partition coefficient (Wildman–Crippen LogP) is 3.07. The summed E-state index contributed by atoms with van der Waals surface area (Å²) >= 11 is 3.17. The van der Waals surface area contributed by atoms with E-state index in [0.29, 0.717) is 10.0 Å². The topological polar surface area (TPSA) is 102 Å². The van der Waals surface area contributed by atoms with Crippen LogP contribution in [0.5, 0.6) is 0 Å². The van der Waals surface area contributed by atoms with E-state index < -0.39 is 10.9 Å². The highest BCUT2D eigenvalue weighted by molar-refractivity contribution is 9.10. The molecule has 0 saturated heterocycles. The fourth-order valence-corrected chi connectivity index (χ4v) is 2.00. The number of carbonyl (C=O) groups is 1. The second-order valence-electron chi connectivity index (χ2n) is 4.53. The molecule has 0 atom stereocenters. The molecule has 21 heavy (non-hydrogen) atoms. The summed E-state index contributed by atoms with van der Waals surface area (Å²) in [7, 11) is 0. The molecule has 0 aliphatic rings. The Morgan fingerprint density at radius 2 is 2.19 bits per heavy atom. The van der Waals surface area contributed by atoms with E-state index in [4.69, 9.17) is 9.94 Å². The van der Waals surface area contributed by atoms with Gasteiger partial charge in [0.25, 0.3) is 5.69 Å². The Kier molecular flexibility index (Phi) is 6.29. The molecule has 0 bridgehead atoms. The van der Waals surface area contributed by atoms with Crippen LogP contribution in [0.3, 0.4) is 0 Å². The molecule has 0 amide bonds. The van der Waals surface area contributed by atoms with Gasteiger partial charge in [-0.1, -0.05) is 27.2 Å². The van der Waals surface area contributed by atoms with E-state index in [-0.39, 0.29) is 30.3 Å². The highest BCUT2D eigenvalue weighted by atomic mass is 79.9. The first-order chi connectivity index (χ1) is 9.85. The first-order valence-electron chi connectivity index (χ1n) is 6.20. The molecule has 1 aromatic rings. The normalized spacial score (nSPS) is 11.5. The molecule has 1 N–H and O–H groups in total. The van der Waals surface area contributed by atoms with Crippen LogP contribution >= 0.6 is 15.9 Å². The zero-order valence-corrected chi connectivity index (χ0v) is 13.2. The van der Waals surface area contributed by atoms with Crippen molar-refractivity contribution in [3.8, 4) is 0 Å². The number of hydrogen-bond donors (Lipinski definition) is 1. The lowest BCUT2D eigenvalue weighted by atomic mass is 10.1. The minimum atomic E-state index is -0.729. The number of nitro benzene ring substituents is 1. The summed E-state index contributed by atoms with van der Waals surface area (Å²) in [6.07, 6.45) is -0.1000. The number of ether oxygens (including phenoxy) is 1. The molecular weight excluding hydrogens is 344 g/mol. The van der Waals surface area contributed by atoms with Crippen molar-refractivity contribution in [2.45, 2.75) is 32.8 Å². The third-order valence-corrected chi connectivity index (χ3v) is 3.07. The number of carbonyl (C=O) groups excluding carboxylic acids is 1. The van der Waals surface area contributed by atoms with Gasteiger partial charge in [0, 0.05) is 22.5 Å². The molecule has 0 radical (unpaired) electrons. The molecule has 0 unspecified atom stereocenters. The van der Waals surface area contributed by atoms with E-state index >= 15 is 0 Å². The van der Waals surface area contributed by atoms with Crippen LogP contribution in [0.1, 0.15) is 25.8 Å². The van der Waals surface area contributed by atoms with Crippen molar-refractivity contribution in [2.75, 3.05) is 0 Å². The SMILES string of the molecule is CC(C)OC(=O)/C(CCc1ccc(Br)cc1[N+](=O)[O-])=N/O. The third kappa shape index (κ3) is 5.14. The molecule has 0 heterocycles. The summed E-state index contributed by atoms with van der Waals surface area (Å²) in [4.78, 5) is 22.1. The fourth-order valence-electron chi connectivity index (χ4n) is 1.65. The average molecular weight is 359 g/mol. The molecular formula is C13H15BrN2O5. The lowest BCUT2D eigenvalue weighted by molar-refractivity contribution is -0.385. The molecule has 114 valence electrons. The van der Waals surface area contributed by atoms with Crippen LogP contribution in [0, 0.1) is 10.1 Å². The molecule has 0 aliphatic heterocycles. The van der Waals surface area contributed by atoms with Crippen LogP contribution in [-0.4, -0.2) is 27.9 Å². The second kappa shape index (κ2) is 7.72. The van der Waals surface area contributed by atoms with Gasteiger partial charge in [0.05, 0.1) is 11.0 Å². The molecule has 7 nitrogen and oxygen atoms in total. The number of rotatable bonds is 6. The summed E-state index contributed by atoms with van der Waals surface area (Å²) in [6, 6.07) is 4.65. The van der Waals surface area contributed by atoms with Crippen molar-refractivity contribution in [1.29, 1.82) is 0 Å². The van der Waals surface area contributed by atoms with Gasteiger partial charge >= 0.3 is 5.97 Å². The van der Waals surface area contributed by atoms with Crippen molar-refractivity contribution >= 4 is 33.3 Å². The smallest absolute Gasteiger partial charge is 0.356 e. The third-order valence-electron chi connectivity index (χ3n) is 2.57. The lowest BCUT2D eigenvalue weighted by Crippen LogP contribution is -2.22. The van der Waals surface area contributed by atoms with Crippen LogP contribution in [0.2, 0.25) is 0 Å². The van der Waals surface area contributed by atoms with Gasteiger partial charge in [0.1, 0.15) is 0 Å². The number of benzene rings is 1. The van der Waals surface area contributed by atoms with Gasteiger partial charge in [-0.15, -0.1) is 0 Å². The minimum absolute atomic E-state index is 0.0462. The van der Waals surface area contributed by atoms with E-state index in [1.54, 1.807) is 26.0 Å². The van der Waals surface area contributed by atoms with Gasteiger partial charge in [-0.2, -0.15) is 0 Å². The average Bonchev–Trinajstić information content (AvgIpc) is 2.39. The quantitative estimate of drug-likeness (QED) is 0.276. The van der Waals surface area contributed by atoms with Crippen LogP contribution in [0.25, 0.3) is 0 Å². The molecule has 1 aromatic carbocycles. The van der Waals surface area contributed by atoms with Gasteiger partial charge in [0.15, 0.2) is 5.71 Å². The highest BCUT2D eigenvalue weighted by Crippen LogP contribution is 2.24. The summed E-state index contributed by atoms with van der Waals surface area (Å²) in [6.45, 7) is 3.35. The summed E-state index contributed by atoms with van der Waals surface area (Å²) in [5.74, 6) is -0.729. The number of hydrogen-bond acceptors (Lipinski definition) is 6. The van der Waals surface area contributed by atoms with Gasteiger partial charge in [-0.05, 0) is 26.3 Å². The van der Waals surface area contributed by atoms with Crippen molar-refractivity contribution < 1.29 is 19.7 Å². The Hall–Kier alpha value is -1.96. The number of aryl methyl sites for hydroxylation is 1. The van der Waals surface area contributed by atoms with E-state index in [2.05, 4.69) is 21.1 Å². The Labute approximate surface area is 129 Å². The largest absolute Gasteiger partial charge is 0.458 e. The van der Waals surface area contributed by atoms with Crippen LogP contribution in [0.4, 0.5) is 5.69 Å². The first kappa shape index (κ1) is 17.1. The number of oxime groups is 1. The van der Waals surface area contributed by atoms with E-state index in [9.17, 15) is 14.9 Å². The summed E-state index contributed by atoms with van der Waals surface area (Å²) in [5.41, 5.74) is 0.224. The summed E-state index contributed by atoms with van der Waals surface area (Å²) < 4.78 is 5.51. The maximum absolute atomic E-state index is 11.6. The lowest BCUT2D eigenvalue weighted by Gasteiger charge is -2.09. The number of nitrogens with zero attached hydrogens (tertiary/aromatic N) is 2. The summed E-state index contributed by atoms with van der Waals surface area (Å²) in [5, 5.41) is 22.7. The molecule has 0 fully saturated rings. The number of nitro groups is 1. The Morgan fingerprint density at radius 1 is 1.52 bits per heavy atom. The maximum Gasteiger partial charge on any atom is 0.356 e. The molecule has 0 aromatic heterocycles. The minimum Gasteiger partial charge on any atom is -0.458 e. The van der Waals surface area contributed by atoms with Crippen LogP contribution < -0.4 is 0 Å². The Bertz CT molecular complexity index is 572. The molecule has 0 saturated carbocycles. The zero-order valence-electron chi connectivity index (χ0n) is 11.6. The van der Waals surface area contributed by atoms with Gasteiger partial charge in [-0.25, -0.2) is 4.79 Å². The zero-order chi connectivity index (χ0) is 16.0. The molecule has 0 spiro atoms. The molecule has 8 heteroatoms. The van der Waals surface area contributed by atoms with Crippen molar-refractivity contribution in [3.63, 3.8) is 0 Å². The monoisotopic (exact) mass is 358 g/mol. The van der Waals surface area contributed by atoms with Crippen molar-refractivity contribution in [2.24, 2.45) is 5.16 Å². The van der Waals surface area contributed by atoms with E-state index in [1.165, 1.54) is 6.07 Å². The number of halogens is 1. The molecule has 1 rings (SSSR count). The predicted molar refractivity (Wildman–Crippen MR) is 79.6 cm³/mol. The standard InChI is InChI=1S/C13H15BrN2O5/c1-8(2)21-13(17)11(15-18)6-4-9-3-5-10(14)7-12(9)16(19)20/h3,5,7-8,18H,4,6H2,1-2H3/b15-11+. The highest BCUT2D eigenvalue weighted by Gasteiger charge is 2.19. The van der Waals surface area contributed by atoms with Gasteiger partial charge in [0.2, 0.25) is 0 Å². The fraction of sp³-hybridized carbons (Fsp3) is 0.385. The number of esters is 1. The van der Waals surface area contributed by atoms with E-state index in [0.717, 1.165) is 0 Å². The first-order valence-corrected chi connectivity index (χ1v) is 6.99. The van der Waals surface area contributed by atoms with Crippen LogP contribution in [-0.2, 0) is 16.0 Å². The second-order valence-corrected chi connectivity index (χ2v) is 5.45. The van der Waals surface area contributed by atoms with Gasteiger partial charge in [-0.3, -0.25) is 10.1 Å². The Morgan fingerprint density at radius 3 is 2.71 bits per heavy atom. The Balaban J connectivity index is 2.83. The van der Waals surface area contributed by atoms with Crippen molar-refractivity contribution in [3.05, 3.63) is 38.3 Å². The van der Waals surface area contributed by atoms with Crippen molar-refractivity contribution in [1.82, 2.24) is 0 Å². The van der Waals surface area contributed by atoms with Crippen LogP contribution in [0.15, 0.2) is 27.8 Å². The van der Waals surface area contributed by atoms with Gasteiger partial charge < -0.3 is 9.94 Å². The molecule has 0 aliphatic carbocycles.